The quantitative estimate of drug-likeness (QED) is 0.153. The maximum absolute atomic E-state index is 11.5. The largest absolute Gasteiger partial charge is 0.463 e. The Morgan fingerprint density at radius 1 is 0.852 bits per heavy atom. The highest BCUT2D eigenvalue weighted by atomic mass is 16.6. The lowest BCUT2D eigenvalue weighted by Crippen LogP contribution is -2.33. The van der Waals surface area contributed by atoms with E-state index in [1.807, 2.05) is 0 Å². The molecule has 162 valence electrons. The molecule has 27 heavy (non-hydrogen) atoms. The number of aliphatic hydroxyl groups is 4. The summed E-state index contributed by atoms with van der Waals surface area (Å²) in [6.45, 7) is 1.39. The Kier molecular flexibility index (Phi) is 17.0. The van der Waals surface area contributed by atoms with Gasteiger partial charge >= 0.3 is 5.97 Å². The van der Waals surface area contributed by atoms with Crippen molar-refractivity contribution in [2.75, 3.05) is 13.2 Å². The number of rotatable bonds is 19. The van der Waals surface area contributed by atoms with Gasteiger partial charge in [-0.05, 0) is 6.42 Å². The van der Waals surface area contributed by atoms with E-state index in [2.05, 4.69) is 11.7 Å². The summed E-state index contributed by atoms with van der Waals surface area (Å²) in [6.07, 6.45) is 14.2. The van der Waals surface area contributed by atoms with Gasteiger partial charge in [0.1, 0.15) is 12.7 Å². The second-order valence-electron chi connectivity index (χ2n) is 7.67. The monoisotopic (exact) mass is 390 g/mol. The van der Waals surface area contributed by atoms with Crippen LogP contribution in [0.5, 0.6) is 0 Å². The van der Waals surface area contributed by atoms with E-state index >= 15 is 0 Å². The van der Waals surface area contributed by atoms with Crippen LogP contribution in [0.3, 0.4) is 0 Å². The van der Waals surface area contributed by atoms with Crippen LogP contribution >= 0.6 is 0 Å². The van der Waals surface area contributed by atoms with Crippen molar-refractivity contribution >= 4 is 5.97 Å². The van der Waals surface area contributed by atoms with Crippen LogP contribution in [-0.2, 0) is 9.53 Å². The van der Waals surface area contributed by atoms with Gasteiger partial charge in [-0.1, -0.05) is 84.0 Å². The molecular formula is C21H42O6. The van der Waals surface area contributed by atoms with Crippen molar-refractivity contribution < 1.29 is 30.0 Å². The molecule has 0 aliphatic heterocycles. The number of aliphatic hydroxyl groups excluding tert-OH is 2. The average Bonchev–Trinajstić information content (AvgIpc) is 2.63. The highest BCUT2D eigenvalue weighted by molar-refractivity contribution is 5.70. The summed E-state index contributed by atoms with van der Waals surface area (Å²) in [6, 6.07) is 0. The molecule has 0 heterocycles. The van der Waals surface area contributed by atoms with Gasteiger partial charge in [-0.2, -0.15) is 0 Å². The molecule has 1 atom stereocenters. The molecule has 0 aliphatic rings. The fraction of sp³-hybridized carbons (Fsp3) is 0.952. The van der Waals surface area contributed by atoms with Gasteiger partial charge in [0.15, 0.2) is 5.79 Å². The first-order valence-corrected chi connectivity index (χ1v) is 10.8. The smallest absolute Gasteiger partial charge is 0.311 e. The van der Waals surface area contributed by atoms with Crippen molar-refractivity contribution in [1.29, 1.82) is 0 Å². The van der Waals surface area contributed by atoms with Crippen molar-refractivity contribution in [3.8, 4) is 0 Å². The van der Waals surface area contributed by atoms with Crippen LogP contribution in [0, 0.1) is 0 Å². The zero-order valence-corrected chi connectivity index (χ0v) is 17.2. The molecule has 0 bridgehead atoms. The number of carbonyl (C=O) groups is 1. The maximum atomic E-state index is 11.5. The summed E-state index contributed by atoms with van der Waals surface area (Å²) >= 11 is 0. The summed E-state index contributed by atoms with van der Waals surface area (Å²) in [5.41, 5.74) is 0. The van der Waals surface area contributed by atoms with E-state index in [1.54, 1.807) is 0 Å². The Morgan fingerprint density at radius 2 is 1.30 bits per heavy atom. The maximum Gasteiger partial charge on any atom is 0.311 e. The first kappa shape index (κ1) is 26.3. The van der Waals surface area contributed by atoms with Gasteiger partial charge in [-0.15, -0.1) is 0 Å². The SMILES string of the molecule is CCCCCCCCCCCCCCCC(O)(O)CC(=O)OCC(O)CO. The van der Waals surface area contributed by atoms with Crippen LogP contribution in [0.2, 0.25) is 0 Å². The lowest BCUT2D eigenvalue weighted by molar-refractivity contribution is -0.189. The predicted octanol–water partition coefficient (Wildman–Crippen LogP) is 3.44. The highest BCUT2D eigenvalue weighted by Crippen LogP contribution is 2.18. The molecule has 0 aromatic heterocycles. The van der Waals surface area contributed by atoms with Crippen LogP contribution < -0.4 is 0 Å². The van der Waals surface area contributed by atoms with Crippen LogP contribution in [-0.4, -0.2) is 51.5 Å². The van der Waals surface area contributed by atoms with Crippen molar-refractivity contribution in [3.05, 3.63) is 0 Å². The Morgan fingerprint density at radius 3 is 1.74 bits per heavy atom. The van der Waals surface area contributed by atoms with Gasteiger partial charge in [-0.3, -0.25) is 4.79 Å². The number of ether oxygens (including phenoxy) is 1. The first-order valence-electron chi connectivity index (χ1n) is 10.8. The molecule has 0 spiro atoms. The molecular weight excluding hydrogens is 348 g/mol. The Hall–Kier alpha value is -0.690. The molecule has 0 amide bonds. The van der Waals surface area contributed by atoms with E-state index in [4.69, 9.17) is 10.2 Å². The van der Waals surface area contributed by atoms with E-state index in [0.717, 1.165) is 12.8 Å². The van der Waals surface area contributed by atoms with E-state index in [0.29, 0.717) is 6.42 Å². The van der Waals surface area contributed by atoms with E-state index in [1.165, 1.54) is 64.2 Å². The summed E-state index contributed by atoms with van der Waals surface area (Å²) in [4.78, 5) is 11.5. The molecule has 0 aromatic rings. The molecule has 4 N–H and O–H groups in total. The minimum absolute atomic E-state index is 0.127. The van der Waals surface area contributed by atoms with Crippen LogP contribution in [0.4, 0.5) is 0 Å². The van der Waals surface area contributed by atoms with Gasteiger partial charge in [0, 0.05) is 6.42 Å². The third-order valence-electron chi connectivity index (χ3n) is 4.76. The van der Waals surface area contributed by atoms with Crippen molar-refractivity contribution in [2.24, 2.45) is 0 Å². The summed E-state index contributed by atoms with van der Waals surface area (Å²) in [5, 5.41) is 37.4. The predicted molar refractivity (Wildman–Crippen MR) is 106 cm³/mol. The van der Waals surface area contributed by atoms with Gasteiger partial charge in [0.25, 0.3) is 0 Å². The molecule has 0 radical (unpaired) electrons. The second-order valence-corrected chi connectivity index (χ2v) is 7.67. The van der Waals surface area contributed by atoms with Crippen LogP contribution in [0.1, 0.15) is 103 Å². The Labute approximate surface area is 164 Å². The molecule has 0 fully saturated rings. The minimum Gasteiger partial charge on any atom is -0.463 e. The number of hydrogen-bond donors (Lipinski definition) is 4. The summed E-state index contributed by atoms with van der Waals surface area (Å²) < 4.78 is 4.68. The number of esters is 1. The fourth-order valence-electron chi connectivity index (χ4n) is 3.04. The average molecular weight is 391 g/mol. The van der Waals surface area contributed by atoms with Gasteiger partial charge in [0.2, 0.25) is 0 Å². The second kappa shape index (κ2) is 17.4. The zero-order chi connectivity index (χ0) is 20.4. The van der Waals surface area contributed by atoms with E-state index < -0.39 is 30.9 Å². The molecule has 0 saturated heterocycles. The Balaban J connectivity index is 3.48. The molecule has 6 nitrogen and oxygen atoms in total. The lowest BCUT2D eigenvalue weighted by atomic mass is 10.0. The van der Waals surface area contributed by atoms with Gasteiger partial charge in [-0.25, -0.2) is 0 Å². The number of hydrogen-bond acceptors (Lipinski definition) is 6. The number of carbonyl (C=O) groups excluding carboxylic acids is 1. The summed E-state index contributed by atoms with van der Waals surface area (Å²) in [5.74, 6) is -2.86. The topological polar surface area (TPSA) is 107 Å². The molecule has 0 rings (SSSR count). The highest BCUT2D eigenvalue weighted by Gasteiger charge is 2.27. The van der Waals surface area contributed by atoms with Crippen LogP contribution in [0.15, 0.2) is 0 Å². The zero-order valence-electron chi connectivity index (χ0n) is 17.2. The lowest BCUT2D eigenvalue weighted by Gasteiger charge is -2.21. The molecule has 0 aliphatic carbocycles. The Bertz CT molecular complexity index is 346. The standard InChI is InChI=1S/C21H42O6/c1-2-3-4-5-6-7-8-9-10-11-12-13-14-15-21(25,26)16-20(24)27-18-19(23)17-22/h19,22-23,25-26H,2-18H2,1H3. The van der Waals surface area contributed by atoms with Crippen molar-refractivity contribution in [3.63, 3.8) is 0 Å². The minimum atomic E-state index is -2.07. The normalized spacial score (nSPS) is 12.9. The van der Waals surface area contributed by atoms with Gasteiger partial charge < -0.3 is 25.2 Å². The third kappa shape index (κ3) is 18.4. The molecule has 1 unspecified atom stereocenters. The molecule has 0 aromatic carbocycles. The molecule has 0 saturated carbocycles. The summed E-state index contributed by atoms with van der Waals surface area (Å²) in [7, 11) is 0. The van der Waals surface area contributed by atoms with Crippen molar-refractivity contribution in [2.45, 2.75) is 115 Å². The van der Waals surface area contributed by atoms with E-state index in [-0.39, 0.29) is 13.0 Å². The first-order chi connectivity index (χ1) is 12.9. The van der Waals surface area contributed by atoms with Gasteiger partial charge in [0.05, 0.1) is 13.0 Å². The van der Waals surface area contributed by atoms with Crippen LogP contribution in [0.25, 0.3) is 0 Å². The van der Waals surface area contributed by atoms with E-state index in [9.17, 15) is 15.0 Å². The third-order valence-corrected chi connectivity index (χ3v) is 4.76. The fourth-order valence-corrected chi connectivity index (χ4v) is 3.04. The van der Waals surface area contributed by atoms with Crippen molar-refractivity contribution in [1.82, 2.24) is 0 Å². The number of unbranched alkanes of at least 4 members (excludes halogenated alkanes) is 12. The molecule has 6 heteroatoms.